The Labute approximate surface area is 109 Å². The fourth-order valence-electron chi connectivity index (χ4n) is 1.67. The number of para-hydroxylation sites is 1. The summed E-state index contributed by atoms with van der Waals surface area (Å²) < 4.78 is 5.09. The maximum atomic E-state index is 11.8. The Hall–Kier alpha value is -1.39. The zero-order chi connectivity index (χ0) is 13.5. The van der Waals surface area contributed by atoms with Gasteiger partial charge in [0.05, 0.1) is 12.6 Å². The van der Waals surface area contributed by atoms with Crippen molar-refractivity contribution in [1.82, 2.24) is 5.32 Å². The second kappa shape index (κ2) is 7.13. The number of ether oxygens (including phenoxy) is 1. The van der Waals surface area contributed by atoms with Crippen molar-refractivity contribution in [2.24, 2.45) is 0 Å². The van der Waals surface area contributed by atoms with Gasteiger partial charge >= 0.3 is 0 Å². The van der Waals surface area contributed by atoms with Gasteiger partial charge < -0.3 is 15.4 Å². The van der Waals surface area contributed by atoms with Crippen LogP contribution in [0.1, 0.15) is 18.1 Å². The second-order valence-corrected chi connectivity index (χ2v) is 4.49. The van der Waals surface area contributed by atoms with Crippen molar-refractivity contribution >= 4 is 11.6 Å². The van der Waals surface area contributed by atoms with Crippen LogP contribution in [0.15, 0.2) is 18.2 Å². The summed E-state index contributed by atoms with van der Waals surface area (Å²) in [6, 6.07) is 5.96. The monoisotopic (exact) mass is 250 g/mol. The highest BCUT2D eigenvalue weighted by Crippen LogP contribution is 2.18. The number of hydrogen-bond donors (Lipinski definition) is 2. The predicted molar refractivity (Wildman–Crippen MR) is 73.9 cm³/mol. The van der Waals surface area contributed by atoms with E-state index < -0.39 is 0 Å². The summed E-state index contributed by atoms with van der Waals surface area (Å²) in [4.78, 5) is 11.8. The van der Waals surface area contributed by atoms with Crippen LogP contribution in [0.4, 0.5) is 5.69 Å². The van der Waals surface area contributed by atoms with E-state index in [0.29, 0.717) is 13.1 Å². The molecular formula is C14H22N2O2. The minimum absolute atomic E-state index is 0.0318. The van der Waals surface area contributed by atoms with Gasteiger partial charge in [0.15, 0.2) is 0 Å². The Bertz CT molecular complexity index is 385. The van der Waals surface area contributed by atoms with E-state index in [0.717, 1.165) is 16.8 Å². The smallest absolute Gasteiger partial charge is 0.238 e. The van der Waals surface area contributed by atoms with Crippen LogP contribution >= 0.6 is 0 Å². The number of anilines is 1. The molecule has 1 aromatic carbocycles. The molecule has 0 saturated heterocycles. The third-order valence-corrected chi connectivity index (χ3v) is 2.87. The molecule has 0 aromatic heterocycles. The zero-order valence-corrected chi connectivity index (χ0v) is 11.5. The summed E-state index contributed by atoms with van der Waals surface area (Å²) in [5.41, 5.74) is 3.06. The quantitative estimate of drug-likeness (QED) is 0.810. The van der Waals surface area contributed by atoms with Crippen LogP contribution in [0.5, 0.6) is 0 Å². The summed E-state index contributed by atoms with van der Waals surface area (Å²) in [6.07, 6.45) is 0.109. The highest BCUT2D eigenvalue weighted by atomic mass is 16.5. The number of methoxy groups -OCH3 is 1. The van der Waals surface area contributed by atoms with Crippen molar-refractivity contribution in [2.45, 2.75) is 26.9 Å². The molecule has 0 aliphatic carbocycles. The minimum atomic E-state index is -0.0318. The molecule has 100 valence electrons. The Balaban J connectivity index is 2.45. The normalized spacial score (nSPS) is 12.2. The fraction of sp³-hybridized carbons (Fsp3) is 0.500. The van der Waals surface area contributed by atoms with Gasteiger partial charge in [-0.15, -0.1) is 0 Å². The summed E-state index contributed by atoms with van der Waals surface area (Å²) in [5.74, 6) is -0.0318. The Morgan fingerprint density at radius 3 is 2.50 bits per heavy atom. The molecule has 4 nitrogen and oxygen atoms in total. The molecule has 1 aromatic rings. The van der Waals surface area contributed by atoms with Crippen molar-refractivity contribution in [1.29, 1.82) is 0 Å². The SMILES string of the molecule is COC(C)CNCC(=O)Nc1c(C)cccc1C. The highest BCUT2D eigenvalue weighted by molar-refractivity contribution is 5.93. The van der Waals surface area contributed by atoms with Crippen molar-refractivity contribution in [2.75, 3.05) is 25.5 Å². The maximum absolute atomic E-state index is 11.8. The van der Waals surface area contributed by atoms with E-state index >= 15 is 0 Å². The van der Waals surface area contributed by atoms with Gasteiger partial charge in [-0.05, 0) is 31.9 Å². The van der Waals surface area contributed by atoms with Gasteiger partial charge in [-0.2, -0.15) is 0 Å². The van der Waals surface area contributed by atoms with E-state index in [1.807, 2.05) is 39.0 Å². The first-order valence-corrected chi connectivity index (χ1v) is 6.14. The van der Waals surface area contributed by atoms with Gasteiger partial charge in [0.2, 0.25) is 5.91 Å². The minimum Gasteiger partial charge on any atom is -0.380 e. The van der Waals surface area contributed by atoms with E-state index in [-0.39, 0.29) is 12.0 Å². The van der Waals surface area contributed by atoms with Crippen molar-refractivity contribution in [3.63, 3.8) is 0 Å². The summed E-state index contributed by atoms with van der Waals surface area (Å²) in [6.45, 7) is 6.89. The average molecular weight is 250 g/mol. The van der Waals surface area contributed by atoms with Gasteiger partial charge in [0.1, 0.15) is 0 Å². The first kappa shape index (κ1) is 14.7. The lowest BCUT2D eigenvalue weighted by Gasteiger charge is -2.13. The first-order chi connectivity index (χ1) is 8.54. The molecular weight excluding hydrogens is 228 g/mol. The van der Waals surface area contributed by atoms with Crippen LogP contribution in [0, 0.1) is 13.8 Å². The number of nitrogens with one attached hydrogen (secondary N) is 2. The van der Waals surface area contributed by atoms with Gasteiger partial charge in [0, 0.05) is 19.3 Å². The Morgan fingerprint density at radius 2 is 1.94 bits per heavy atom. The molecule has 4 heteroatoms. The molecule has 0 aliphatic heterocycles. The van der Waals surface area contributed by atoms with Gasteiger partial charge in [-0.3, -0.25) is 4.79 Å². The fourth-order valence-corrected chi connectivity index (χ4v) is 1.67. The molecule has 1 atom stereocenters. The Morgan fingerprint density at radius 1 is 1.33 bits per heavy atom. The molecule has 0 fully saturated rings. The predicted octanol–water partition coefficient (Wildman–Crippen LogP) is 1.87. The third kappa shape index (κ3) is 4.47. The molecule has 2 N–H and O–H groups in total. The average Bonchev–Trinajstić information content (AvgIpc) is 2.34. The lowest BCUT2D eigenvalue weighted by atomic mass is 10.1. The molecule has 1 unspecified atom stereocenters. The highest BCUT2D eigenvalue weighted by Gasteiger charge is 2.07. The van der Waals surface area contributed by atoms with Crippen molar-refractivity contribution in [3.05, 3.63) is 29.3 Å². The lowest BCUT2D eigenvalue weighted by Crippen LogP contribution is -2.33. The number of amides is 1. The maximum Gasteiger partial charge on any atom is 0.238 e. The van der Waals surface area contributed by atoms with E-state index in [1.165, 1.54) is 0 Å². The summed E-state index contributed by atoms with van der Waals surface area (Å²) in [5, 5.41) is 5.99. The number of aryl methyl sites for hydroxylation is 2. The van der Waals surface area contributed by atoms with Gasteiger partial charge in [-0.25, -0.2) is 0 Å². The second-order valence-electron chi connectivity index (χ2n) is 4.49. The van der Waals surface area contributed by atoms with Crippen LogP contribution < -0.4 is 10.6 Å². The Kier molecular flexibility index (Phi) is 5.82. The lowest BCUT2D eigenvalue weighted by molar-refractivity contribution is -0.115. The van der Waals surface area contributed by atoms with E-state index in [4.69, 9.17) is 4.74 Å². The van der Waals surface area contributed by atoms with Crippen molar-refractivity contribution < 1.29 is 9.53 Å². The van der Waals surface area contributed by atoms with Crippen LogP contribution in [0.2, 0.25) is 0 Å². The number of rotatable bonds is 6. The van der Waals surface area contributed by atoms with E-state index in [9.17, 15) is 4.79 Å². The largest absolute Gasteiger partial charge is 0.380 e. The number of benzene rings is 1. The number of hydrogen-bond acceptors (Lipinski definition) is 3. The standard InChI is InChI=1S/C14H22N2O2/c1-10-6-5-7-11(2)14(10)16-13(17)9-15-8-12(3)18-4/h5-7,12,15H,8-9H2,1-4H3,(H,16,17). The van der Waals surface area contributed by atoms with E-state index in [1.54, 1.807) is 7.11 Å². The van der Waals surface area contributed by atoms with Crippen LogP contribution in [0.3, 0.4) is 0 Å². The molecule has 0 bridgehead atoms. The number of carbonyl (C=O) groups excluding carboxylic acids is 1. The third-order valence-electron chi connectivity index (χ3n) is 2.87. The topological polar surface area (TPSA) is 50.4 Å². The van der Waals surface area contributed by atoms with Crippen LogP contribution in [-0.4, -0.2) is 32.2 Å². The molecule has 18 heavy (non-hydrogen) atoms. The summed E-state index contributed by atoms with van der Waals surface area (Å²) >= 11 is 0. The van der Waals surface area contributed by atoms with Crippen molar-refractivity contribution in [3.8, 4) is 0 Å². The summed E-state index contributed by atoms with van der Waals surface area (Å²) in [7, 11) is 1.66. The zero-order valence-electron chi connectivity index (χ0n) is 11.5. The molecule has 1 amide bonds. The molecule has 0 spiro atoms. The molecule has 0 heterocycles. The number of carbonyl (C=O) groups is 1. The van der Waals surface area contributed by atoms with Crippen LogP contribution in [-0.2, 0) is 9.53 Å². The molecule has 0 saturated carbocycles. The van der Waals surface area contributed by atoms with Crippen LogP contribution in [0.25, 0.3) is 0 Å². The van der Waals surface area contributed by atoms with E-state index in [2.05, 4.69) is 10.6 Å². The van der Waals surface area contributed by atoms with Gasteiger partial charge in [0.25, 0.3) is 0 Å². The van der Waals surface area contributed by atoms with Gasteiger partial charge in [-0.1, -0.05) is 18.2 Å². The molecule has 0 aliphatic rings. The first-order valence-electron chi connectivity index (χ1n) is 6.14. The molecule has 1 rings (SSSR count). The molecule has 0 radical (unpaired) electrons.